The number of amides is 1. The Balaban J connectivity index is 1.43. The number of Topliss-reactive ketones (excluding diaryl/α,β-unsaturated/α-hetero) is 1. The molecule has 1 atom stereocenters. The van der Waals surface area contributed by atoms with Crippen LogP contribution in [0, 0.1) is 0 Å². The summed E-state index contributed by atoms with van der Waals surface area (Å²) >= 11 is 1.30. The van der Waals surface area contributed by atoms with Crippen molar-refractivity contribution in [2.45, 2.75) is 36.9 Å². The Kier molecular flexibility index (Phi) is 4.28. The maximum absolute atomic E-state index is 12.9. The number of thioether (sulfide) groups is 1. The van der Waals surface area contributed by atoms with Crippen molar-refractivity contribution < 1.29 is 9.59 Å². The molecule has 1 saturated carbocycles. The quantitative estimate of drug-likeness (QED) is 0.397. The van der Waals surface area contributed by atoms with Gasteiger partial charge in [-0.15, -0.1) is 0 Å². The van der Waals surface area contributed by atoms with Crippen molar-refractivity contribution in [1.29, 1.82) is 0 Å². The van der Waals surface area contributed by atoms with Crippen molar-refractivity contribution in [3.8, 4) is 0 Å². The Morgan fingerprint density at radius 1 is 1.21 bits per heavy atom. The monoisotopic (exact) mass is 405 g/mol. The highest BCUT2D eigenvalue weighted by Gasteiger charge is 2.29. The Hall–Kier alpha value is -2.93. The molecule has 2 aromatic carbocycles. The van der Waals surface area contributed by atoms with E-state index >= 15 is 0 Å². The summed E-state index contributed by atoms with van der Waals surface area (Å²) in [4.78, 5) is 42.2. The van der Waals surface area contributed by atoms with E-state index in [1.807, 2.05) is 25.1 Å². The molecule has 0 spiro atoms. The van der Waals surface area contributed by atoms with Crippen LogP contribution in [0.2, 0.25) is 0 Å². The molecule has 3 aromatic rings. The van der Waals surface area contributed by atoms with Gasteiger partial charge in [0.2, 0.25) is 5.91 Å². The SMILES string of the molecule is C[C@H]1C(=O)Nc2ccc(C(=O)CSc3nc4ccccc4c(=O)n3C3CC3)cc21. The van der Waals surface area contributed by atoms with Crippen LogP contribution >= 0.6 is 11.8 Å². The number of rotatable bonds is 5. The number of ketones is 1. The molecule has 1 aliphatic carbocycles. The van der Waals surface area contributed by atoms with Crippen molar-refractivity contribution in [2.75, 3.05) is 11.1 Å². The van der Waals surface area contributed by atoms with Crippen LogP contribution in [0.5, 0.6) is 0 Å². The summed E-state index contributed by atoms with van der Waals surface area (Å²) < 4.78 is 1.74. The molecule has 5 rings (SSSR count). The largest absolute Gasteiger partial charge is 0.325 e. The molecule has 2 aliphatic rings. The summed E-state index contributed by atoms with van der Waals surface area (Å²) in [5, 5.41) is 4.02. The van der Waals surface area contributed by atoms with Gasteiger partial charge in [0.25, 0.3) is 5.56 Å². The first-order chi connectivity index (χ1) is 14.0. The predicted molar refractivity (Wildman–Crippen MR) is 113 cm³/mol. The van der Waals surface area contributed by atoms with Gasteiger partial charge in [0.1, 0.15) is 0 Å². The third-order valence-electron chi connectivity index (χ3n) is 5.51. The lowest BCUT2D eigenvalue weighted by molar-refractivity contribution is -0.116. The van der Waals surface area contributed by atoms with Gasteiger partial charge >= 0.3 is 0 Å². The Morgan fingerprint density at radius 2 is 2.00 bits per heavy atom. The highest BCUT2D eigenvalue weighted by Crippen LogP contribution is 2.37. The van der Waals surface area contributed by atoms with Crippen LogP contribution < -0.4 is 10.9 Å². The minimum Gasteiger partial charge on any atom is -0.325 e. The van der Waals surface area contributed by atoms with E-state index in [1.54, 1.807) is 28.8 Å². The molecule has 29 heavy (non-hydrogen) atoms. The summed E-state index contributed by atoms with van der Waals surface area (Å²) in [6.45, 7) is 1.83. The molecule has 1 N–H and O–H groups in total. The summed E-state index contributed by atoms with van der Waals surface area (Å²) in [5.74, 6) is -0.166. The molecule has 1 aliphatic heterocycles. The average Bonchev–Trinajstić information content (AvgIpc) is 3.52. The summed E-state index contributed by atoms with van der Waals surface area (Å²) in [5.41, 5.74) is 2.81. The van der Waals surface area contributed by atoms with Crippen LogP contribution in [0.15, 0.2) is 52.4 Å². The molecule has 0 unspecified atom stereocenters. The molecule has 7 heteroatoms. The van der Waals surface area contributed by atoms with Gasteiger partial charge in [-0.05, 0) is 55.7 Å². The number of fused-ring (bicyclic) bond motifs is 2. The van der Waals surface area contributed by atoms with Gasteiger partial charge in [-0.3, -0.25) is 19.0 Å². The molecule has 1 aromatic heterocycles. The van der Waals surface area contributed by atoms with Gasteiger partial charge in [-0.2, -0.15) is 0 Å². The van der Waals surface area contributed by atoms with E-state index in [0.717, 1.165) is 24.1 Å². The van der Waals surface area contributed by atoms with E-state index in [-0.39, 0.29) is 35.0 Å². The van der Waals surface area contributed by atoms with Crippen molar-refractivity contribution in [3.63, 3.8) is 0 Å². The van der Waals surface area contributed by atoms with Gasteiger partial charge in [-0.1, -0.05) is 23.9 Å². The fourth-order valence-electron chi connectivity index (χ4n) is 3.69. The van der Waals surface area contributed by atoms with E-state index in [4.69, 9.17) is 0 Å². The minimum absolute atomic E-state index is 0.0380. The van der Waals surface area contributed by atoms with Crippen molar-refractivity contribution in [1.82, 2.24) is 9.55 Å². The van der Waals surface area contributed by atoms with Gasteiger partial charge in [-0.25, -0.2) is 4.98 Å². The van der Waals surface area contributed by atoms with Crippen LogP contribution in [0.1, 0.15) is 47.6 Å². The molecule has 6 nitrogen and oxygen atoms in total. The first-order valence-corrected chi connectivity index (χ1v) is 10.6. The number of carbonyl (C=O) groups excluding carboxylic acids is 2. The van der Waals surface area contributed by atoms with E-state index in [9.17, 15) is 14.4 Å². The second kappa shape index (κ2) is 6.84. The van der Waals surface area contributed by atoms with Crippen LogP contribution in [0.4, 0.5) is 5.69 Å². The molecular formula is C22H19N3O3S. The zero-order chi connectivity index (χ0) is 20.1. The topological polar surface area (TPSA) is 81.1 Å². The fraction of sp³-hybridized carbons (Fsp3) is 0.273. The molecule has 0 radical (unpaired) electrons. The first kappa shape index (κ1) is 18.1. The summed E-state index contributed by atoms with van der Waals surface area (Å²) in [7, 11) is 0. The Bertz CT molecular complexity index is 1230. The summed E-state index contributed by atoms with van der Waals surface area (Å²) in [6.07, 6.45) is 1.93. The van der Waals surface area contributed by atoms with Gasteiger partial charge < -0.3 is 5.32 Å². The van der Waals surface area contributed by atoms with E-state index in [0.29, 0.717) is 21.6 Å². The third kappa shape index (κ3) is 3.15. The Labute approximate surface area is 171 Å². The highest BCUT2D eigenvalue weighted by atomic mass is 32.2. The minimum atomic E-state index is -0.257. The maximum Gasteiger partial charge on any atom is 0.262 e. The van der Waals surface area contributed by atoms with E-state index in [2.05, 4.69) is 10.3 Å². The zero-order valence-electron chi connectivity index (χ0n) is 15.8. The van der Waals surface area contributed by atoms with Crippen LogP contribution in [-0.4, -0.2) is 27.0 Å². The van der Waals surface area contributed by atoms with E-state index < -0.39 is 0 Å². The smallest absolute Gasteiger partial charge is 0.262 e. The number of hydrogen-bond donors (Lipinski definition) is 1. The number of para-hydroxylation sites is 1. The van der Waals surface area contributed by atoms with Crippen LogP contribution in [-0.2, 0) is 4.79 Å². The molecule has 1 amide bonds. The van der Waals surface area contributed by atoms with Crippen molar-refractivity contribution in [2.24, 2.45) is 0 Å². The molecule has 1 fully saturated rings. The first-order valence-electron chi connectivity index (χ1n) is 9.65. The number of benzene rings is 2. The number of hydrogen-bond acceptors (Lipinski definition) is 5. The molecular weight excluding hydrogens is 386 g/mol. The van der Waals surface area contributed by atoms with Gasteiger partial charge in [0.15, 0.2) is 10.9 Å². The lowest BCUT2D eigenvalue weighted by atomic mass is 9.99. The Morgan fingerprint density at radius 3 is 2.79 bits per heavy atom. The molecule has 0 saturated heterocycles. The number of anilines is 1. The second-order valence-electron chi connectivity index (χ2n) is 7.54. The molecule has 0 bridgehead atoms. The number of nitrogens with one attached hydrogen (secondary N) is 1. The van der Waals surface area contributed by atoms with Gasteiger partial charge in [0.05, 0.1) is 22.6 Å². The predicted octanol–water partition coefficient (Wildman–Crippen LogP) is 3.76. The average molecular weight is 405 g/mol. The lowest BCUT2D eigenvalue weighted by Crippen LogP contribution is -2.22. The normalized spacial score (nSPS) is 18.0. The third-order valence-corrected chi connectivity index (χ3v) is 6.46. The maximum atomic E-state index is 12.9. The number of carbonyl (C=O) groups is 2. The standard InChI is InChI=1S/C22H19N3O3S/c1-12-16-10-13(6-9-18(16)23-20(12)27)19(26)11-29-22-24-17-5-3-2-4-15(17)21(28)25(22)14-7-8-14/h2-6,9-10,12,14H,7-8,11H2,1H3,(H,23,27)/t12-/m1/s1. The lowest BCUT2D eigenvalue weighted by Gasteiger charge is -2.12. The molecule has 146 valence electrons. The van der Waals surface area contributed by atoms with Crippen LogP contribution in [0.3, 0.4) is 0 Å². The number of nitrogens with zero attached hydrogens (tertiary/aromatic N) is 2. The number of aromatic nitrogens is 2. The highest BCUT2D eigenvalue weighted by molar-refractivity contribution is 7.99. The summed E-state index contributed by atoms with van der Waals surface area (Å²) in [6, 6.07) is 12.8. The van der Waals surface area contributed by atoms with Crippen LogP contribution in [0.25, 0.3) is 10.9 Å². The van der Waals surface area contributed by atoms with E-state index in [1.165, 1.54) is 11.8 Å². The van der Waals surface area contributed by atoms with Crippen molar-refractivity contribution >= 4 is 40.0 Å². The van der Waals surface area contributed by atoms with Gasteiger partial charge in [0, 0.05) is 17.3 Å². The van der Waals surface area contributed by atoms with Crippen molar-refractivity contribution in [3.05, 3.63) is 63.9 Å². The second-order valence-corrected chi connectivity index (χ2v) is 8.49. The molecule has 2 heterocycles. The fourth-order valence-corrected chi connectivity index (χ4v) is 4.65. The zero-order valence-corrected chi connectivity index (χ0v) is 16.7.